The van der Waals surface area contributed by atoms with E-state index in [0.29, 0.717) is 23.6 Å². The fraction of sp³-hybridized carbons (Fsp3) is 0.421. The molecule has 3 rings (SSSR count). The van der Waals surface area contributed by atoms with Gasteiger partial charge in [-0.1, -0.05) is 19.1 Å². The summed E-state index contributed by atoms with van der Waals surface area (Å²) in [5.41, 5.74) is 3.26. The second-order valence-corrected chi connectivity index (χ2v) is 6.49. The molecule has 1 amide bonds. The molecule has 1 heterocycles. The number of aliphatic carboxylic acids is 1. The highest BCUT2D eigenvalue weighted by atomic mass is 16.4. The first-order valence-corrected chi connectivity index (χ1v) is 8.76. The third-order valence-electron chi connectivity index (χ3n) is 4.34. The van der Waals surface area contributed by atoms with Gasteiger partial charge in [0.1, 0.15) is 0 Å². The van der Waals surface area contributed by atoms with Gasteiger partial charge in [-0.25, -0.2) is 0 Å². The van der Waals surface area contributed by atoms with Crippen LogP contribution < -0.4 is 5.32 Å². The van der Waals surface area contributed by atoms with Crippen LogP contribution in [0.1, 0.15) is 60.1 Å². The Kier molecular flexibility index (Phi) is 5.16. The second kappa shape index (κ2) is 7.51. The van der Waals surface area contributed by atoms with Gasteiger partial charge in [0.2, 0.25) is 0 Å². The summed E-state index contributed by atoms with van der Waals surface area (Å²) >= 11 is 0. The van der Waals surface area contributed by atoms with Gasteiger partial charge in [-0.15, -0.1) is 0 Å². The number of amides is 1. The lowest BCUT2D eigenvalue weighted by Crippen LogP contribution is -2.15. The van der Waals surface area contributed by atoms with Crippen molar-refractivity contribution in [1.29, 1.82) is 0 Å². The van der Waals surface area contributed by atoms with Gasteiger partial charge >= 0.3 is 5.97 Å². The van der Waals surface area contributed by atoms with Crippen molar-refractivity contribution in [1.82, 2.24) is 9.78 Å². The number of aryl methyl sites for hydroxylation is 2. The summed E-state index contributed by atoms with van der Waals surface area (Å²) in [6.07, 6.45) is 5.38. The van der Waals surface area contributed by atoms with Crippen LogP contribution in [-0.4, -0.2) is 26.8 Å². The number of hydrogen-bond donors (Lipinski definition) is 2. The van der Waals surface area contributed by atoms with Gasteiger partial charge in [0, 0.05) is 24.6 Å². The lowest BCUT2D eigenvalue weighted by atomic mass is 10.1. The number of hydrogen-bond acceptors (Lipinski definition) is 3. The van der Waals surface area contributed by atoms with Crippen molar-refractivity contribution in [3.05, 3.63) is 47.3 Å². The molecular formula is C19H23N3O3. The van der Waals surface area contributed by atoms with Crippen LogP contribution in [0.2, 0.25) is 0 Å². The SMILES string of the molecule is CCCn1ncc(C(=O)Nc2cccc(CCC(=O)O)c2)c1C1CC1. The molecule has 1 aromatic carbocycles. The molecule has 0 atom stereocenters. The van der Waals surface area contributed by atoms with Crippen molar-refractivity contribution >= 4 is 17.6 Å². The minimum Gasteiger partial charge on any atom is -0.481 e. The molecule has 0 radical (unpaired) electrons. The van der Waals surface area contributed by atoms with E-state index in [1.54, 1.807) is 6.20 Å². The highest BCUT2D eigenvalue weighted by Gasteiger charge is 2.32. The normalized spacial score (nSPS) is 13.6. The maximum absolute atomic E-state index is 12.7. The maximum atomic E-state index is 12.7. The quantitative estimate of drug-likeness (QED) is 0.770. The average Bonchev–Trinajstić information content (AvgIpc) is 3.34. The van der Waals surface area contributed by atoms with E-state index in [9.17, 15) is 9.59 Å². The Bertz CT molecular complexity index is 778. The zero-order valence-corrected chi connectivity index (χ0v) is 14.4. The van der Waals surface area contributed by atoms with E-state index in [0.717, 1.165) is 37.1 Å². The molecule has 0 bridgehead atoms. The van der Waals surface area contributed by atoms with Gasteiger partial charge in [0.25, 0.3) is 5.91 Å². The summed E-state index contributed by atoms with van der Waals surface area (Å²) in [6.45, 7) is 2.92. The first-order valence-electron chi connectivity index (χ1n) is 8.76. The molecule has 0 spiro atoms. The number of carboxylic acid groups (broad SMARTS) is 1. The van der Waals surface area contributed by atoms with Gasteiger partial charge in [0.05, 0.1) is 17.5 Å². The van der Waals surface area contributed by atoms with Crippen LogP contribution in [0.25, 0.3) is 0 Å². The fourth-order valence-electron chi connectivity index (χ4n) is 3.00. The van der Waals surface area contributed by atoms with Crippen molar-refractivity contribution in [3.63, 3.8) is 0 Å². The lowest BCUT2D eigenvalue weighted by Gasteiger charge is -2.09. The van der Waals surface area contributed by atoms with Crippen LogP contribution in [0, 0.1) is 0 Å². The molecule has 1 fully saturated rings. The van der Waals surface area contributed by atoms with Gasteiger partial charge < -0.3 is 10.4 Å². The van der Waals surface area contributed by atoms with Crippen molar-refractivity contribution < 1.29 is 14.7 Å². The lowest BCUT2D eigenvalue weighted by molar-refractivity contribution is -0.136. The van der Waals surface area contributed by atoms with E-state index < -0.39 is 5.97 Å². The molecule has 1 aromatic heterocycles. The van der Waals surface area contributed by atoms with Crippen LogP contribution in [-0.2, 0) is 17.8 Å². The summed E-state index contributed by atoms with van der Waals surface area (Å²) in [5.74, 6) is -0.539. The Morgan fingerprint density at radius 1 is 1.36 bits per heavy atom. The minimum absolute atomic E-state index is 0.0764. The largest absolute Gasteiger partial charge is 0.481 e. The Balaban J connectivity index is 1.74. The number of carbonyl (C=O) groups excluding carboxylic acids is 1. The van der Waals surface area contributed by atoms with Crippen molar-refractivity contribution in [2.75, 3.05) is 5.32 Å². The maximum Gasteiger partial charge on any atom is 0.303 e. The third kappa shape index (κ3) is 4.26. The molecular weight excluding hydrogens is 318 g/mol. The summed E-state index contributed by atoms with van der Waals surface area (Å²) in [6, 6.07) is 7.34. The topological polar surface area (TPSA) is 84.2 Å². The molecule has 6 heteroatoms. The van der Waals surface area contributed by atoms with E-state index >= 15 is 0 Å². The standard InChI is InChI=1S/C19H23N3O3/c1-2-10-22-18(14-7-8-14)16(12-20-22)19(25)21-15-5-3-4-13(11-15)6-9-17(23)24/h3-5,11-12,14H,2,6-10H2,1H3,(H,21,25)(H,23,24). The predicted octanol–water partition coefficient (Wildman–Crippen LogP) is 3.44. The molecule has 0 unspecified atom stereocenters. The fourth-order valence-corrected chi connectivity index (χ4v) is 3.00. The highest BCUT2D eigenvalue weighted by Crippen LogP contribution is 2.41. The second-order valence-electron chi connectivity index (χ2n) is 6.49. The Morgan fingerprint density at radius 2 is 2.16 bits per heavy atom. The number of carbonyl (C=O) groups is 2. The average molecular weight is 341 g/mol. The highest BCUT2D eigenvalue weighted by molar-refractivity contribution is 6.05. The number of nitrogens with one attached hydrogen (secondary N) is 1. The summed E-state index contributed by atoms with van der Waals surface area (Å²) < 4.78 is 1.95. The monoisotopic (exact) mass is 341 g/mol. The molecule has 1 aliphatic carbocycles. The predicted molar refractivity (Wildman–Crippen MR) is 94.8 cm³/mol. The molecule has 2 N–H and O–H groups in total. The number of nitrogens with zero attached hydrogens (tertiary/aromatic N) is 2. The third-order valence-corrected chi connectivity index (χ3v) is 4.34. The van der Waals surface area contributed by atoms with Gasteiger partial charge in [0.15, 0.2) is 0 Å². The minimum atomic E-state index is -0.827. The first kappa shape index (κ1) is 17.2. The van der Waals surface area contributed by atoms with Crippen LogP contribution in [0.5, 0.6) is 0 Å². The number of rotatable bonds is 8. The van der Waals surface area contributed by atoms with Gasteiger partial charge in [-0.2, -0.15) is 5.10 Å². The van der Waals surface area contributed by atoms with E-state index in [4.69, 9.17) is 5.11 Å². The van der Waals surface area contributed by atoms with Gasteiger partial charge in [-0.05, 0) is 43.4 Å². The molecule has 25 heavy (non-hydrogen) atoms. The van der Waals surface area contributed by atoms with E-state index in [-0.39, 0.29) is 12.3 Å². The molecule has 0 aliphatic heterocycles. The van der Waals surface area contributed by atoms with Crippen LogP contribution in [0.15, 0.2) is 30.5 Å². The summed E-state index contributed by atoms with van der Waals surface area (Å²) in [4.78, 5) is 23.4. The number of aromatic nitrogens is 2. The molecule has 132 valence electrons. The summed E-state index contributed by atoms with van der Waals surface area (Å²) in [5, 5.41) is 16.1. The van der Waals surface area contributed by atoms with Crippen LogP contribution in [0.3, 0.4) is 0 Å². The van der Waals surface area contributed by atoms with Gasteiger partial charge in [-0.3, -0.25) is 14.3 Å². The van der Waals surface area contributed by atoms with Crippen molar-refractivity contribution in [2.24, 2.45) is 0 Å². The zero-order chi connectivity index (χ0) is 17.8. The van der Waals surface area contributed by atoms with Crippen molar-refractivity contribution in [2.45, 2.75) is 51.5 Å². The Morgan fingerprint density at radius 3 is 2.84 bits per heavy atom. The van der Waals surface area contributed by atoms with E-state index in [1.807, 2.05) is 28.9 Å². The zero-order valence-electron chi connectivity index (χ0n) is 14.4. The first-order chi connectivity index (χ1) is 12.1. The number of benzene rings is 1. The molecule has 0 saturated heterocycles. The number of carboxylic acids is 1. The smallest absolute Gasteiger partial charge is 0.303 e. The van der Waals surface area contributed by atoms with Crippen LogP contribution in [0.4, 0.5) is 5.69 Å². The van der Waals surface area contributed by atoms with Crippen LogP contribution >= 0.6 is 0 Å². The van der Waals surface area contributed by atoms with E-state index in [2.05, 4.69) is 17.3 Å². The molecule has 2 aromatic rings. The van der Waals surface area contributed by atoms with E-state index in [1.165, 1.54) is 0 Å². The molecule has 6 nitrogen and oxygen atoms in total. The number of anilines is 1. The van der Waals surface area contributed by atoms with Crippen molar-refractivity contribution in [3.8, 4) is 0 Å². The Labute approximate surface area is 146 Å². The summed E-state index contributed by atoms with van der Waals surface area (Å²) in [7, 11) is 0. The molecule has 1 aliphatic rings. The Hall–Kier alpha value is -2.63. The molecule has 1 saturated carbocycles.